The highest BCUT2D eigenvalue weighted by Gasteiger charge is 2.19. The third-order valence-electron chi connectivity index (χ3n) is 4.95. The normalized spacial score (nSPS) is 13.7. The monoisotopic (exact) mass is 367 g/mol. The molecule has 3 rings (SSSR count). The molecule has 0 aromatic heterocycles. The van der Waals surface area contributed by atoms with Crippen LogP contribution in [0.2, 0.25) is 0 Å². The number of urea groups is 1. The van der Waals surface area contributed by atoms with Crippen molar-refractivity contribution in [1.29, 1.82) is 0 Å². The number of carbonyl (C=O) groups excluding carboxylic acids is 1. The van der Waals surface area contributed by atoms with Crippen LogP contribution in [0.4, 0.5) is 4.79 Å². The number of hydrogen-bond donors (Lipinski definition) is 2. The van der Waals surface area contributed by atoms with Gasteiger partial charge < -0.3 is 20.3 Å². The molecule has 0 radical (unpaired) electrons. The average molecular weight is 367 g/mol. The molecule has 144 valence electrons. The van der Waals surface area contributed by atoms with E-state index in [0.717, 1.165) is 31.6 Å². The Hall–Kier alpha value is -2.53. The molecule has 1 heterocycles. The van der Waals surface area contributed by atoms with Crippen LogP contribution in [0.3, 0.4) is 0 Å². The summed E-state index contributed by atoms with van der Waals surface area (Å²) in [5, 5.41) is 5.96. The van der Waals surface area contributed by atoms with Gasteiger partial charge in [-0.25, -0.2) is 4.79 Å². The molecule has 2 aromatic rings. The lowest BCUT2D eigenvalue weighted by molar-refractivity contribution is 0.232. The number of fused-ring (bicyclic) bond motifs is 1. The summed E-state index contributed by atoms with van der Waals surface area (Å²) in [6, 6.07) is 16.7. The standard InChI is InChI=1S/C22H29N3O2/c1-25(2)20(18-10-11-21-19(15-18)12-14-27-21)16-24-22(26)23-13-6-9-17-7-4-3-5-8-17/h3-5,7-8,10-11,15,20H,6,9,12-14,16H2,1-2H3,(H2,23,24,26). The lowest BCUT2D eigenvalue weighted by Crippen LogP contribution is -2.40. The molecule has 5 nitrogen and oxygen atoms in total. The predicted molar refractivity (Wildman–Crippen MR) is 108 cm³/mol. The van der Waals surface area contributed by atoms with Crippen LogP contribution in [-0.2, 0) is 12.8 Å². The van der Waals surface area contributed by atoms with Crippen molar-refractivity contribution >= 4 is 6.03 Å². The maximum atomic E-state index is 12.1. The Morgan fingerprint density at radius 2 is 1.96 bits per heavy atom. The Labute approximate surface area is 161 Å². The molecular formula is C22H29N3O2. The molecule has 0 spiro atoms. The molecule has 1 aliphatic rings. The minimum Gasteiger partial charge on any atom is -0.493 e. The van der Waals surface area contributed by atoms with E-state index in [2.05, 4.69) is 39.8 Å². The van der Waals surface area contributed by atoms with Crippen LogP contribution < -0.4 is 15.4 Å². The minimum atomic E-state index is -0.112. The molecule has 2 amide bonds. The third-order valence-corrected chi connectivity index (χ3v) is 4.95. The van der Waals surface area contributed by atoms with E-state index in [1.165, 1.54) is 16.7 Å². The van der Waals surface area contributed by atoms with Crippen LogP contribution in [-0.4, -0.2) is 44.7 Å². The molecule has 27 heavy (non-hydrogen) atoms. The highest BCUT2D eigenvalue weighted by Crippen LogP contribution is 2.29. The van der Waals surface area contributed by atoms with Gasteiger partial charge in [-0.3, -0.25) is 0 Å². The van der Waals surface area contributed by atoms with Crippen LogP contribution in [0.1, 0.15) is 29.2 Å². The summed E-state index contributed by atoms with van der Waals surface area (Å²) >= 11 is 0. The number of rotatable bonds is 8. The number of amides is 2. The van der Waals surface area contributed by atoms with E-state index in [4.69, 9.17) is 4.74 Å². The van der Waals surface area contributed by atoms with Crippen molar-refractivity contribution in [3.8, 4) is 5.75 Å². The summed E-state index contributed by atoms with van der Waals surface area (Å²) < 4.78 is 5.59. The number of nitrogens with zero attached hydrogens (tertiary/aromatic N) is 1. The van der Waals surface area contributed by atoms with Gasteiger partial charge in [0.15, 0.2) is 0 Å². The molecule has 1 aliphatic heterocycles. The zero-order valence-corrected chi connectivity index (χ0v) is 16.2. The molecular weight excluding hydrogens is 338 g/mol. The molecule has 0 aliphatic carbocycles. The van der Waals surface area contributed by atoms with E-state index in [1.54, 1.807) is 0 Å². The molecule has 0 bridgehead atoms. The fraction of sp³-hybridized carbons (Fsp3) is 0.409. The molecule has 5 heteroatoms. The van der Waals surface area contributed by atoms with Crippen LogP contribution in [0.5, 0.6) is 5.75 Å². The van der Waals surface area contributed by atoms with Gasteiger partial charge in [0.25, 0.3) is 0 Å². The van der Waals surface area contributed by atoms with E-state index in [0.29, 0.717) is 13.1 Å². The minimum absolute atomic E-state index is 0.112. The smallest absolute Gasteiger partial charge is 0.314 e. The van der Waals surface area contributed by atoms with Crippen molar-refractivity contribution in [2.45, 2.75) is 25.3 Å². The Morgan fingerprint density at radius 1 is 1.15 bits per heavy atom. The summed E-state index contributed by atoms with van der Waals surface area (Å²) in [7, 11) is 4.07. The molecule has 2 N–H and O–H groups in total. The van der Waals surface area contributed by atoms with Gasteiger partial charge in [0.2, 0.25) is 0 Å². The van der Waals surface area contributed by atoms with Crippen molar-refractivity contribution in [3.05, 3.63) is 65.2 Å². The summed E-state index contributed by atoms with van der Waals surface area (Å²) in [6.45, 7) is 2.00. The summed E-state index contributed by atoms with van der Waals surface area (Å²) in [4.78, 5) is 14.3. The summed E-state index contributed by atoms with van der Waals surface area (Å²) in [5.41, 5.74) is 3.76. The first-order valence-corrected chi connectivity index (χ1v) is 9.61. The largest absolute Gasteiger partial charge is 0.493 e. The van der Waals surface area contributed by atoms with Crippen molar-refractivity contribution in [1.82, 2.24) is 15.5 Å². The van der Waals surface area contributed by atoms with Crippen LogP contribution in [0, 0.1) is 0 Å². The van der Waals surface area contributed by atoms with E-state index in [1.807, 2.05) is 38.4 Å². The molecule has 0 fully saturated rings. The Bertz CT molecular complexity index is 746. The van der Waals surface area contributed by atoms with Crippen LogP contribution in [0.15, 0.2) is 48.5 Å². The highest BCUT2D eigenvalue weighted by atomic mass is 16.5. The highest BCUT2D eigenvalue weighted by molar-refractivity contribution is 5.73. The number of ether oxygens (including phenoxy) is 1. The Balaban J connectivity index is 1.44. The maximum Gasteiger partial charge on any atom is 0.314 e. The number of benzene rings is 2. The number of hydrogen-bond acceptors (Lipinski definition) is 3. The van der Waals surface area contributed by atoms with Gasteiger partial charge >= 0.3 is 6.03 Å². The van der Waals surface area contributed by atoms with Crippen molar-refractivity contribution < 1.29 is 9.53 Å². The van der Waals surface area contributed by atoms with Gasteiger partial charge in [0.05, 0.1) is 12.6 Å². The lowest BCUT2D eigenvalue weighted by atomic mass is 10.0. The molecule has 2 aromatic carbocycles. The van der Waals surface area contributed by atoms with Crippen molar-refractivity contribution in [3.63, 3.8) is 0 Å². The Kier molecular flexibility index (Phi) is 6.71. The first-order valence-electron chi connectivity index (χ1n) is 9.61. The first kappa shape index (κ1) is 19.2. The second-order valence-electron chi connectivity index (χ2n) is 7.17. The van der Waals surface area contributed by atoms with Gasteiger partial charge in [-0.2, -0.15) is 0 Å². The maximum absolute atomic E-state index is 12.1. The fourth-order valence-corrected chi connectivity index (χ4v) is 3.40. The topological polar surface area (TPSA) is 53.6 Å². The number of aryl methyl sites for hydroxylation is 1. The summed E-state index contributed by atoms with van der Waals surface area (Å²) in [6.07, 6.45) is 2.86. The van der Waals surface area contributed by atoms with E-state index >= 15 is 0 Å². The summed E-state index contributed by atoms with van der Waals surface area (Å²) in [5.74, 6) is 0.986. The first-order chi connectivity index (χ1) is 13.1. The fourth-order valence-electron chi connectivity index (χ4n) is 3.40. The van der Waals surface area contributed by atoms with Gasteiger partial charge in [0, 0.05) is 19.5 Å². The van der Waals surface area contributed by atoms with Crippen molar-refractivity contribution in [2.75, 3.05) is 33.8 Å². The Morgan fingerprint density at radius 3 is 2.74 bits per heavy atom. The van der Waals surface area contributed by atoms with Crippen molar-refractivity contribution in [2.24, 2.45) is 0 Å². The molecule has 1 unspecified atom stereocenters. The average Bonchev–Trinajstić information content (AvgIpc) is 3.14. The molecule has 0 saturated carbocycles. The third kappa shape index (κ3) is 5.47. The zero-order chi connectivity index (χ0) is 19.1. The van der Waals surface area contributed by atoms with E-state index in [9.17, 15) is 4.79 Å². The number of nitrogens with one attached hydrogen (secondary N) is 2. The molecule has 1 atom stereocenters. The SMILES string of the molecule is CN(C)C(CNC(=O)NCCCc1ccccc1)c1ccc2c(c1)CCO2. The van der Waals surface area contributed by atoms with E-state index in [-0.39, 0.29) is 12.1 Å². The van der Waals surface area contributed by atoms with E-state index < -0.39 is 0 Å². The van der Waals surface area contributed by atoms with Crippen LogP contribution >= 0.6 is 0 Å². The number of likely N-dealkylation sites (N-methyl/N-ethyl adjacent to an activating group) is 1. The quantitative estimate of drug-likeness (QED) is 0.705. The zero-order valence-electron chi connectivity index (χ0n) is 16.2. The molecule has 0 saturated heterocycles. The van der Waals surface area contributed by atoms with Gasteiger partial charge in [-0.05, 0) is 49.7 Å². The van der Waals surface area contributed by atoms with Gasteiger partial charge in [-0.1, -0.05) is 42.5 Å². The number of carbonyl (C=O) groups is 1. The second kappa shape index (κ2) is 9.42. The van der Waals surface area contributed by atoms with Crippen LogP contribution in [0.25, 0.3) is 0 Å². The van der Waals surface area contributed by atoms with Gasteiger partial charge in [0.1, 0.15) is 5.75 Å². The second-order valence-corrected chi connectivity index (χ2v) is 7.17. The predicted octanol–water partition coefficient (Wildman–Crippen LogP) is 3.16. The lowest BCUT2D eigenvalue weighted by Gasteiger charge is -2.25. The van der Waals surface area contributed by atoms with Gasteiger partial charge in [-0.15, -0.1) is 0 Å².